The lowest BCUT2D eigenvalue weighted by atomic mass is 10.0. The third-order valence-electron chi connectivity index (χ3n) is 3.35. The Labute approximate surface area is 123 Å². The van der Waals surface area contributed by atoms with Crippen LogP contribution in [-0.4, -0.2) is 44.3 Å². The molecule has 1 N–H and O–H groups in total. The van der Waals surface area contributed by atoms with Crippen LogP contribution in [0.15, 0.2) is 24.3 Å². The summed E-state index contributed by atoms with van der Waals surface area (Å²) in [4.78, 5) is 22.7. The summed E-state index contributed by atoms with van der Waals surface area (Å²) < 4.78 is 28.2. The summed E-state index contributed by atoms with van der Waals surface area (Å²) in [6.45, 7) is 1.44. The highest BCUT2D eigenvalue weighted by atomic mass is 32.2. The predicted octanol–water partition coefficient (Wildman–Crippen LogP) is 0.571. The first-order valence-corrected chi connectivity index (χ1v) is 8.34. The van der Waals surface area contributed by atoms with Gasteiger partial charge in [0.25, 0.3) is 5.91 Å². The maximum absolute atomic E-state index is 11.9. The molecule has 6 nitrogen and oxygen atoms in total. The minimum atomic E-state index is -3.08. The molecule has 1 heterocycles. The van der Waals surface area contributed by atoms with Gasteiger partial charge in [-0.25, -0.2) is 8.42 Å². The first-order chi connectivity index (χ1) is 9.84. The molecule has 7 heteroatoms. The molecule has 114 valence electrons. The van der Waals surface area contributed by atoms with Crippen molar-refractivity contribution in [2.24, 2.45) is 0 Å². The lowest BCUT2D eigenvalue weighted by Crippen LogP contribution is -2.48. The van der Waals surface area contributed by atoms with Gasteiger partial charge in [0, 0.05) is 0 Å². The number of hydrogen-bond acceptors (Lipinski definition) is 5. The normalized spacial score (nSPS) is 23.5. The molecule has 1 aliphatic heterocycles. The molecule has 0 spiro atoms. The predicted molar refractivity (Wildman–Crippen MR) is 77.1 cm³/mol. The van der Waals surface area contributed by atoms with Crippen LogP contribution >= 0.6 is 0 Å². The number of para-hydroxylation sites is 1. The average Bonchev–Trinajstić information content (AvgIpc) is 2.70. The molecule has 1 atom stereocenters. The first kappa shape index (κ1) is 15.5. The highest BCUT2D eigenvalue weighted by molar-refractivity contribution is 7.91. The Morgan fingerprint density at radius 1 is 1.43 bits per heavy atom. The Kier molecular flexibility index (Phi) is 4.32. The van der Waals surface area contributed by atoms with Crippen LogP contribution < -0.4 is 10.1 Å². The number of nitrogens with one attached hydrogen (secondary N) is 1. The molecular formula is C14H17NO5S. The molecule has 1 amide bonds. The molecule has 0 aliphatic carbocycles. The summed E-state index contributed by atoms with van der Waals surface area (Å²) in [7, 11) is -3.08. The molecule has 1 saturated heterocycles. The standard InChI is InChI=1S/C14H17NO5S/c1-14(6-7-21(18,19)10-14)15-13(17)9-20-12-5-3-2-4-11(12)8-16/h2-5,8H,6-7,9-10H2,1H3,(H,15,17)/t14-/m1/s1. The van der Waals surface area contributed by atoms with E-state index in [2.05, 4.69) is 5.32 Å². The van der Waals surface area contributed by atoms with Crippen molar-refractivity contribution in [2.75, 3.05) is 18.1 Å². The molecular weight excluding hydrogens is 294 g/mol. The molecule has 2 rings (SSSR count). The zero-order chi connectivity index (χ0) is 15.5. The molecule has 0 aromatic heterocycles. The van der Waals surface area contributed by atoms with Crippen LogP contribution in [0.5, 0.6) is 5.75 Å². The molecule has 1 aromatic rings. The van der Waals surface area contributed by atoms with Crippen LogP contribution in [0, 0.1) is 0 Å². The molecule has 0 unspecified atom stereocenters. The van der Waals surface area contributed by atoms with Crippen molar-refractivity contribution in [3.05, 3.63) is 29.8 Å². The Balaban J connectivity index is 1.92. The molecule has 21 heavy (non-hydrogen) atoms. The summed E-state index contributed by atoms with van der Waals surface area (Å²) in [5, 5.41) is 2.69. The smallest absolute Gasteiger partial charge is 0.258 e. The van der Waals surface area contributed by atoms with Gasteiger partial charge in [0.2, 0.25) is 0 Å². The summed E-state index contributed by atoms with van der Waals surface area (Å²) in [5.41, 5.74) is -0.386. The third-order valence-corrected chi connectivity index (χ3v) is 5.25. The van der Waals surface area contributed by atoms with Crippen molar-refractivity contribution in [1.29, 1.82) is 0 Å². The van der Waals surface area contributed by atoms with Crippen LogP contribution in [0.2, 0.25) is 0 Å². The molecule has 1 aliphatic rings. The number of sulfone groups is 1. The van der Waals surface area contributed by atoms with E-state index in [-0.39, 0.29) is 18.1 Å². The fourth-order valence-electron chi connectivity index (χ4n) is 2.33. The van der Waals surface area contributed by atoms with Crippen molar-refractivity contribution >= 4 is 22.0 Å². The number of hydrogen-bond donors (Lipinski definition) is 1. The van der Waals surface area contributed by atoms with Gasteiger partial charge >= 0.3 is 0 Å². The zero-order valence-electron chi connectivity index (χ0n) is 11.7. The van der Waals surface area contributed by atoms with Gasteiger partial charge in [-0.15, -0.1) is 0 Å². The van der Waals surface area contributed by atoms with E-state index in [1.165, 1.54) is 0 Å². The van der Waals surface area contributed by atoms with Crippen LogP contribution in [0.25, 0.3) is 0 Å². The maximum atomic E-state index is 11.9. The summed E-state index contributed by atoms with van der Waals surface area (Å²) in [5.74, 6) is -0.0583. The van der Waals surface area contributed by atoms with Gasteiger partial charge in [-0.3, -0.25) is 9.59 Å². The van der Waals surface area contributed by atoms with E-state index in [1.807, 2.05) is 0 Å². The Hall–Kier alpha value is -1.89. The Morgan fingerprint density at radius 3 is 2.76 bits per heavy atom. The topological polar surface area (TPSA) is 89.5 Å². The maximum Gasteiger partial charge on any atom is 0.258 e. The van der Waals surface area contributed by atoms with Crippen molar-refractivity contribution in [1.82, 2.24) is 5.32 Å². The van der Waals surface area contributed by atoms with E-state index in [4.69, 9.17) is 4.74 Å². The minimum Gasteiger partial charge on any atom is -0.483 e. The number of carbonyl (C=O) groups excluding carboxylic acids is 2. The SMILES string of the molecule is C[C@@]1(NC(=O)COc2ccccc2C=O)CCS(=O)(=O)C1. The fraction of sp³-hybridized carbons (Fsp3) is 0.429. The van der Waals surface area contributed by atoms with E-state index in [1.54, 1.807) is 31.2 Å². The van der Waals surface area contributed by atoms with Gasteiger partial charge in [0.15, 0.2) is 22.7 Å². The van der Waals surface area contributed by atoms with Crippen molar-refractivity contribution < 1.29 is 22.7 Å². The average molecular weight is 311 g/mol. The summed E-state index contributed by atoms with van der Waals surface area (Å²) in [6, 6.07) is 6.58. The second-order valence-corrected chi connectivity index (χ2v) is 7.58. The van der Waals surface area contributed by atoms with E-state index in [0.29, 0.717) is 24.0 Å². The van der Waals surface area contributed by atoms with E-state index in [9.17, 15) is 18.0 Å². The monoisotopic (exact) mass is 311 g/mol. The lowest BCUT2D eigenvalue weighted by Gasteiger charge is -2.23. The second-order valence-electron chi connectivity index (χ2n) is 5.40. The minimum absolute atomic E-state index is 0.0589. The molecule has 0 saturated carbocycles. The number of aldehydes is 1. The highest BCUT2D eigenvalue weighted by Gasteiger charge is 2.39. The van der Waals surface area contributed by atoms with Crippen molar-refractivity contribution in [2.45, 2.75) is 18.9 Å². The molecule has 1 fully saturated rings. The number of carbonyl (C=O) groups is 2. The van der Waals surface area contributed by atoms with Gasteiger partial charge in [0.05, 0.1) is 22.6 Å². The number of ether oxygens (including phenoxy) is 1. The largest absolute Gasteiger partial charge is 0.483 e. The number of benzene rings is 1. The van der Waals surface area contributed by atoms with Crippen LogP contribution in [-0.2, 0) is 14.6 Å². The van der Waals surface area contributed by atoms with E-state index < -0.39 is 21.3 Å². The Bertz CT molecular complexity index is 655. The van der Waals surface area contributed by atoms with Gasteiger partial charge in [-0.05, 0) is 25.5 Å². The van der Waals surface area contributed by atoms with E-state index in [0.717, 1.165) is 0 Å². The lowest BCUT2D eigenvalue weighted by molar-refractivity contribution is -0.124. The van der Waals surface area contributed by atoms with Gasteiger partial charge < -0.3 is 10.1 Å². The second kappa shape index (κ2) is 5.85. The Morgan fingerprint density at radius 2 is 2.14 bits per heavy atom. The fourth-order valence-corrected chi connectivity index (χ4v) is 4.43. The van der Waals surface area contributed by atoms with Gasteiger partial charge in [0.1, 0.15) is 5.75 Å². The molecule has 0 radical (unpaired) electrons. The summed E-state index contributed by atoms with van der Waals surface area (Å²) >= 11 is 0. The number of rotatable bonds is 5. The van der Waals surface area contributed by atoms with Crippen molar-refractivity contribution in [3.8, 4) is 5.75 Å². The highest BCUT2D eigenvalue weighted by Crippen LogP contribution is 2.22. The number of amides is 1. The van der Waals surface area contributed by atoms with Crippen LogP contribution in [0.3, 0.4) is 0 Å². The zero-order valence-corrected chi connectivity index (χ0v) is 12.5. The molecule has 0 bridgehead atoms. The van der Waals surface area contributed by atoms with Gasteiger partial charge in [-0.1, -0.05) is 12.1 Å². The third kappa shape index (κ3) is 4.04. The summed E-state index contributed by atoms with van der Waals surface area (Å²) in [6.07, 6.45) is 1.05. The van der Waals surface area contributed by atoms with E-state index >= 15 is 0 Å². The van der Waals surface area contributed by atoms with Crippen LogP contribution in [0.1, 0.15) is 23.7 Å². The van der Waals surface area contributed by atoms with Crippen molar-refractivity contribution in [3.63, 3.8) is 0 Å². The quantitative estimate of drug-likeness (QED) is 0.803. The first-order valence-electron chi connectivity index (χ1n) is 6.52. The molecule has 1 aromatic carbocycles. The van der Waals surface area contributed by atoms with Gasteiger partial charge in [-0.2, -0.15) is 0 Å². The van der Waals surface area contributed by atoms with Crippen LogP contribution in [0.4, 0.5) is 0 Å².